The van der Waals surface area contributed by atoms with Crippen LogP contribution in [0.1, 0.15) is 211 Å². The van der Waals surface area contributed by atoms with E-state index in [0.29, 0.717) is 0 Å². The molecule has 11 rings (SSSR count). The summed E-state index contributed by atoms with van der Waals surface area (Å²) in [5.74, 6) is 0. The first-order valence-electron chi connectivity index (χ1n) is 27.4. The second-order valence-electron chi connectivity index (χ2n) is 28.8. The molecule has 2 aliphatic heterocycles. The molecular formula is C68H83BN2. The number of hydrogen-bond acceptors (Lipinski definition) is 2. The molecule has 0 unspecified atom stereocenters. The van der Waals surface area contributed by atoms with E-state index in [1.54, 1.807) is 5.56 Å². The molecule has 0 amide bonds. The van der Waals surface area contributed by atoms with Crippen molar-refractivity contribution in [2.24, 2.45) is 0 Å². The molecule has 3 heteroatoms. The molecule has 0 N–H and O–H groups in total. The minimum atomic E-state index is -0.216. The van der Waals surface area contributed by atoms with Crippen LogP contribution in [-0.4, -0.2) is 6.71 Å². The normalized spacial score (nSPS) is 20.4. The third-order valence-electron chi connectivity index (χ3n) is 19.5. The van der Waals surface area contributed by atoms with Gasteiger partial charge in [0.1, 0.15) is 0 Å². The van der Waals surface area contributed by atoms with Gasteiger partial charge in [0.2, 0.25) is 0 Å². The summed E-state index contributed by atoms with van der Waals surface area (Å²) in [6.07, 6.45) is 5.89. The summed E-state index contributed by atoms with van der Waals surface area (Å²) in [7, 11) is 0. The van der Waals surface area contributed by atoms with Gasteiger partial charge in [-0.15, -0.1) is 0 Å². The van der Waals surface area contributed by atoms with Crippen molar-refractivity contribution in [1.29, 1.82) is 0 Å². The van der Waals surface area contributed by atoms with E-state index in [0.717, 1.165) is 6.42 Å². The minimum absolute atomic E-state index is 0.0180. The van der Waals surface area contributed by atoms with Crippen LogP contribution in [0.5, 0.6) is 0 Å². The first-order chi connectivity index (χ1) is 32.9. The molecule has 2 heterocycles. The van der Waals surface area contributed by atoms with Crippen LogP contribution in [-0.2, 0) is 43.3 Å². The summed E-state index contributed by atoms with van der Waals surface area (Å²) in [4.78, 5) is 5.52. The van der Waals surface area contributed by atoms with Gasteiger partial charge in [-0.3, -0.25) is 0 Å². The average molecular weight is 939 g/mol. The maximum Gasteiger partial charge on any atom is 0.252 e. The van der Waals surface area contributed by atoms with Crippen LogP contribution in [0.15, 0.2) is 97.1 Å². The van der Waals surface area contributed by atoms with Gasteiger partial charge in [-0.2, -0.15) is 0 Å². The largest absolute Gasteiger partial charge is 0.311 e. The predicted octanol–water partition coefficient (Wildman–Crippen LogP) is 16.7. The van der Waals surface area contributed by atoms with Crippen LogP contribution in [0, 0.1) is 13.8 Å². The van der Waals surface area contributed by atoms with Gasteiger partial charge in [-0.05, 0) is 198 Å². The van der Waals surface area contributed by atoms with Crippen LogP contribution < -0.4 is 26.2 Å². The molecule has 71 heavy (non-hydrogen) atoms. The van der Waals surface area contributed by atoms with Crippen molar-refractivity contribution in [3.8, 4) is 0 Å². The lowest BCUT2D eigenvalue weighted by molar-refractivity contribution is 0.330. The molecular weight excluding hydrogens is 856 g/mol. The van der Waals surface area contributed by atoms with Crippen LogP contribution in [0.4, 0.5) is 34.1 Å². The Balaban J connectivity index is 1.30. The van der Waals surface area contributed by atoms with E-state index in [1.807, 2.05) is 0 Å². The minimum Gasteiger partial charge on any atom is -0.311 e. The van der Waals surface area contributed by atoms with Gasteiger partial charge in [0, 0.05) is 39.5 Å². The lowest BCUT2D eigenvalue weighted by Crippen LogP contribution is -2.62. The molecule has 0 bridgehead atoms. The van der Waals surface area contributed by atoms with Crippen molar-refractivity contribution in [3.63, 3.8) is 0 Å². The van der Waals surface area contributed by atoms with E-state index in [4.69, 9.17) is 0 Å². The topological polar surface area (TPSA) is 6.48 Å². The van der Waals surface area contributed by atoms with Crippen LogP contribution in [0.3, 0.4) is 0 Å². The van der Waals surface area contributed by atoms with Gasteiger partial charge >= 0.3 is 0 Å². The highest BCUT2D eigenvalue weighted by Crippen LogP contribution is 2.56. The van der Waals surface area contributed by atoms with Gasteiger partial charge in [-0.25, -0.2) is 0 Å². The zero-order valence-electron chi connectivity index (χ0n) is 47.2. The number of benzene rings is 6. The maximum absolute atomic E-state index is 2.78. The predicted molar refractivity (Wildman–Crippen MR) is 308 cm³/mol. The number of rotatable bonds is 4. The van der Waals surface area contributed by atoms with Crippen molar-refractivity contribution in [3.05, 3.63) is 158 Å². The van der Waals surface area contributed by atoms with Gasteiger partial charge in [-0.1, -0.05) is 178 Å². The molecule has 368 valence electrons. The molecule has 0 spiro atoms. The standard InChI is InChI=1S/C68H83BN2/c1-41-33-47-49(64(10,11)30-29-63(47,8)9)38-55(41)71-54-27-25-44(68(18,19)43-23-21-20-22-24-43)34-51(54)69-52-37-48-50(67(16,17)40-66(48,14)15)39-56(52)70(57-35-45(61(3,4)5)36-58(71)60(57)69)53-28-26-46-59(42(53)2)65(12,13)32-31-62(46,6)7/h20-28,33-39H,29-32,40H2,1-19H3. The van der Waals surface area contributed by atoms with E-state index < -0.39 is 0 Å². The number of hydrogen-bond donors (Lipinski definition) is 0. The van der Waals surface area contributed by atoms with Crippen molar-refractivity contribution in [2.45, 2.75) is 207 Å². The fourth-order valence-corrected chi connectivity index (χ4v) is 15.0. The van der Waals surface area contributed by atoms with E-state index in [1.165, 1.54) is 132 Å². The van der Waals surface area contributed by atoms with Crippen LogP contribution >= 0.6 is 0 Å². The number of aryl methyl sites for hydroxylation is 1. The van der Waals surface area contributed by atoms with Crippen LogP contribution in [0.2, 0.25) is 0 Å². The lowest BCUT2D eigenvalue weighted by atomic mass is 9.33. The molecule has 5 aliphatic rings. The molecule has 3 aliphatic carbocycles. The molecule has 0 saturated carbocycles. The zero-order chi connectivity index (χ0) is 51.1. The van der Waals surface area contributed by atoms with E-state index in [9.17, 15) is 0 Å². The Bertz CT molecular complexity index is 3220. The first-order valence-corrected chi connectivity index (χ1v) is 27.4. The average Bonchev–Trinajstić information content (AvgIpc) is 3.47. The Morgan fingerprint density at radius 3 is 1.51 bits per heavy atom. The fourth-order valence-electron chi connectivity index (χ4n) is 15.0. The summed E-state index contributed by atoms with van der Waals surface area (Å²) >= 11 is 0. The highest BCUT2D eigenvalue weighted by Gasteiger charge is 2.50. The smallest absolute Gasteiger partial charge is 0.252 e. The highest BCUT2D eigenvalue weighted by atomic mass is 15.2. The third-order valence-corrected chi connectivity index (χ3v) is 19.5. The molecule has 0 fully saturated rings. The number of fused-ring (bicyclic) bond motifs is 7. The van der Waals surface area contributed by atoms with Crippen molar-refractivity contribution >= 4 is 57.2 Å². The summed E-state index contributed by atoms with van der Waals surface area (Å²) in [6, 6.07) is 39.7. The van der Waals surface area contributed by atoms with Crippen molar-refractivity contribution in [2.75, 3.05) is 9.80 Å². The summed E-state index contributed by atoms with van der Waals surface area (Å²) in [6.45, 7) is 46.8. The third kappa shape index (κ3) is 7.07. The van der Waals surface area contributed by atoms with Crippen molar-refractivity contribution < 1.29 is 0 Å². The highest BCUT2D eigenvalue weighted by molar-refractivity contribution is 7.00. The van der Waals surface area contributed by atoms with Gasteiger partial charge in [0.15, 0.2) is 0 Å². The van der Waals surface area contributed by atoms with E-state index in [2.05, 4.69) is 238 Å². The van der Waals surface area contributed by atoms with Crippen molar-refractivity contribution in [1.82, 2.24) is 0 Å². The SMILES string of the molecule is Cc1cc2c(cc1N1c3ccc(C(C)(C)c4ccccc4)cc3B3c4cc5c(cc4N(c4ccc6c(c4C)C(C)(C)CCC6(C)C)c4cc(C(C)(C)C)cc1c43)C(C)(C)CC5(C)C)C(C)(C)CCC2(C)C. The van der Waals surface area contributed by atoms with E-state index >= 15 is 0 Å². The summed E-state index contributed by atoms with van der Waals surface area (Å²) in [5.41, 5.74) is 28.2. The molecule has 6 aromatic rings. The zero-order valence-corrected chi connectivity index (χ0v) is 47.2. The molecule has 0 saturated heterocycles. The Morgan fingerprint density at radius 2 is 0.901 bits per heavy atom. The Kier molecular flexibility index (Phi) is 10.2. The number of anilines is 6. The van der Waals surface area contributed by atoms with Crippen LogP contribution in [0.25, 0.3) is 0 Å². The molecule has 6 aromatic carbocycles. The summed E-state index contributed by atoms with van der Waals surface area (Å²) in [5, 5.41) is 0. The maximum atomic E-state index is 2.78. The Labute approximate surface area is 430 Å². The Hall–Kier alpha value is -5.02. The van der Waals surface area contributed by atoms with Gasteiger partial charge in [0.25, 0.3) is 6.71 Å². The summed E-state index contributed by atoms with van der Waals surface area (Å²) < 4.78 is 0. The second kappa shape index (κ2) is 15.0. The van der Waals surface area contributed by atoms with Gasteiger partial charge < -0.3 is 9.80 Å². The second-order valence-corrected chi connectivity index (χ2v) is 28.8. The molecule has 2 nitrogen and oxygen atoms in total. The molecule has 0 radical (unpaired) electrons. The quantitative estimate of drug-likeness (QED) is 0.162. The Morgan fingerprint density at radius 1 is 0.408 bits per heavy atom. The lowest BCUT2D eigenvalue weighted by Gasteiger charge is -2.48. The van der Waals surface area contributed by atoms with Gasteiger partial charge in [0.05, 0.1) is 0 Å². The first kappa shape index (κ1) is 48.3. The molecule has 0 atom stereocenters. The number of nitrogens with zero attached hydrogens (tertiary/aromatic N) is 2. The molecule has 0 aromatic heterocycles. The monoisotopic (exact) mass is 939 g/mol. The fraction of sp³-hybridized carbons (Fsp3) is 0.471. The van der Waals surface area contributed by atoms with E-state index in [-0.39, 0.29) is 50.0 Å².